The van der Waals surface area contributed by atoms with Crippen molar-refractivity contribution in [2.75, 3.05) is 26.2 Å². The SMILES string of the molecule is O=C(O)CCC1CN(CC2CC2)CCO1. The number of carboxylic acid groups (broad SMARTS) is 1. The van der Waals surface area contributed by atoms with Crippen LogP contribution in [0.4, 0.5) is 0 Å². The monoisotopic (exact) mass is 213 g/mol. The highest BCUT2D eigenvalue weighted by Crippen LogP contribution is 2.30. The second-order valence-corrected chi connectivity index (χ2v) is 4.63. The summed E-state index contributed by atoms with van der Waals surface area (Å²) >= 11 is 0. The molecule has 1 unspecified atom stereocenters. The Morgan fingerprint density at radius 3 is 2.93 bits per heavy atom. The van der Waals surface area contributed by atoms with Gasteiger partial charge in [0.05, 0.1) is 12.7 Å². The van der Waals surface area contributed by atoms with Gasteiger partial charge < -0.3 is 9.84 Å². The van der Waals surface area contributed by atoms with Gasteiger partial charge in [0.1, 0.15) is 0 Å². The molecular formula is C11H19NO3. The van der Waals surface area contributed by atoms with Crippen LogP contribution in [-0.2, 0) is 9.53 Å². The van der Waals surface area contributed by atoms with Crippen LogP contribution in [0.1, 0.15) is 25.7 Å². The first-order chi connectivity index (χ1) is 7.24. The van der Waals surface area contributed by atoms with Crippen molar-refractivity contribution in [3.8, 4) is 0 Å². The van der Waals surface area contributed by atoms with Crippen LogP contribution in [-0.4, -0.2) is 48.3 Å². The molecule has 0 bridgehead atoms. The first-order valence-corrected chi connectivity index (χ1v) is 5.80. The molecule has 0 aromatic carbocycles. The summed E-state index contributed by atoms with van der Waals surface area (Å²) < 4.78 is 5.56. The summed E-state index contributed by atoms with van der Waals surface area (Å²) in [6.07, 6.45) is 3.75. The Labute approximate surface area is 90.2 Å². The number of ether oxygens (including phenoxy) is 1. The van der Waals surface area contributed by atoms with E-state index in [1.165, 1.54) is 19.4 Å². The van der Waals surface area contributed by atoms with Gasteiger partial charge in [-0.3, -0.25) is 9.69 Å². The van der Waals surface area contributed by atoms with E-state index in [2.05, 4.69) is 4.90 Å². The third-order valence-electron chi connectivity index (χ3n) is 3.12. The molecule has 1 atom stereocenters. The average molecular weight is 213 g/mol. The van der Waals surface area contributed by atoms with Crippen LogP contribution in [0.25, 0.3) is 0 Å². The van der Waals surface area contributed by atoms with Crippen molar-refractivity contribution in [3.05, 3.63) is 0 Å². The van der Waals surface area contributed by atoms with E-state index in [4.69, 9.17) is 9.84 Å². The highest BCUT2D eigenvalue weighted by Gasteiger charge is 2.27. The summed E-state index contributed by atoms with van der Waals surface area (Å²) in [5.74, 6) is 0.182. The van der Waals surface area contributed by atoms with Gasteiger partial charge in [-0.1, -0.05) is 0 Å². The molecule has 0 amide bonds. The Bertz CT molecular complexity index is 228. The number of nitrogens with zero attached hydrogens (tertiary/aromatic N) is 1. The molecular weight excluding hydrogens is 194 g/mol. The molecule has 4 heteroatoms. The molecule has 1 heterocycles. The summed E-state index contributed by atoms with van der Waals surface area (Å²) in [4.78, 5) is 12.9. The van der Waals surface area contributed by atoms with Crippen molar-refractivity contribution in [1.82, 2.24) is 4.90 Å². The van der Waals surface area contributed by atoms with E-state index in [9.17, 15) is 4.79 Å². The number of aliphatic carboxylic acids is 1. The fourth-order valence-electron chi connectivity index (χ4n) is 2.07. The van der Waals surface area contributed by atoms with E-state index in [1.54, 1.807) is 0 Å². The Morgan fingerprint density at radius 2 is 2.27 bits per heavy atom. The van der Waals surface area contributed by atoms with Crippen LogP contribution >= 0.6 is 0 Å². The fraction of sp³-hybridized carbons (Fsp3) is 0.909. The van der Waals surface area contributed by atoms with Gasteiger partial charge in [0.25, 0.3) is 0 Å². The van der Waals surface area contributed by atoms with Crippen molar-refractivity contribution >= 4 is 5.97 Å². The minimum atomic E-state index is -0.724. The molecule has 4 nitrogen and oxygen atoms in total. The van der Waals surface area contributed by atoms with Gasteiger partial charge in [-0.25, -0.2) is 0 Å². The molecule has 1 saturated carbocycles. The van der Waals surface area contributed by atoms with E-state index < -0.39 is 5.97 Å². The molecule has 0 spiro atoms. The fourth-order valence-corrected chi connectivity index (χ4v) is 2.07. The number of hydrogen-bond acceptors (Lipinski definition) is 3. The van der Waals surface area contributed by atoms with Crippen molar-refractivity contribution in [2.24, 2.45) is 5.92 Å². The summed E-state index contributed by atoms with van der Waals surface area (Å²) in [5.41, 5.74) is 0. The number of carbonyl (C=O) groups is 1. The van der Waals surface area contributed by atoms with Gasteiger partial charge in [0, 0.05) is 26.1 Å². The molecule has 1 N–H and O–H groups in total. The van der Waals surface area contributed by atoms with Gasteiger partial charge in [-0.05, 0) is 25.2 Å². The molecule has 0 radical (unpaired) electrons. The van der Waals surface area contributed by atoms with E-state index in [-0.39, 0.29) is 12.5 Å². The Kier molecular flexibility index (Phi) is 3.59. The zero-order valence-corrected chi connectivity index (χ0v) is 9.02. The van der Waals surface area contributed by atoms with E-state index >= 15 is 0 Å². The highest BCUT2D eigenvalue weighted by molar-refractivity contribution is 5.66. The predicted octanol–water partition coefficient (Wildman–Crippen LogP) is 0.962. The van der Waals surface area contributed by atoms with Crippen LogP contribution in [0, 0.1) is 5.92 Å². The standard InChI is InChI=1S/C11H19NO3/c13-11(14)4-3-10-8-12(5-6-15-10)7-9-1-2-9/h9-10H,1-8H2,(H,13,14). The third kappa shape index (κ3) is 3.80. The topological polar surface area (TPSA) is 49.8 Å². The molecule has 1 saturated heterocycles. The normalized spacial score (nSPS) is 27.9. The lowest BCUT2D eigenvalue weighted by molar-refractivity contribution is -0.138. The lowest BCUT2D eigenvalue weighted by Gasteiger charge is -2.32. The second kappa shape index (κ2) is 4.94. The van der Waals surface area contributed by atoms with E-state index in [1.807, 2.05) is 0 Å². The first-order valence-electron chi connectivity index (χ1n) is 5.80. The summed E-state index contributed by atoms with van der Waals surface area (Å²) in [6, 6.07) is 0. The van der Waals surface area contributed by atoms with Crippen LogP contribution in [0.5, 0.6) is 0 Å². The van der Waals surface area contributed by atoms with Crippen LogP contribution in [0.15, 0.2) is 0 Å². The van der Waals surface area contributed by atoms with Crippen molar-refractivity contribution in [1.29, 1.82) is 0 Å². The van der Waals surface area contributed by atoms with Gasteiger partial charge in [-0.15, -0.1) is 0 Å². The number of carboxylic acids is 1. The molecule has 1 aliphatic heterocycles. The van der Waals surface area contributed by atoms with E-state index in [0.29, 0.717) is 6.42 Å². The smallest absolute Gasteiger partial charge is 0.303 e. The minimum absolute atomic E-state index is 0.133. The van der Waals surface area contributed by atoms with Crippen molar-refractivity contribution in [3.63, 3.8) is 0 Å². The molecule has 15 heavy (non-hydrogen) atoms. The summed E-state index contributed by atoms with van der Waals surface area (Å²) in [7, 11) is 0. The Hall–Kier alpha value is -0.610. The van der Waals surface area contributed by atoms with Gasteiger partial charge >= 0.3 is 5.97 Å². The van der Waals surface area contributed by atoms with Gasteiger partial charge in [-0.2, -0.15) is 0 Å². The molecule has 2 rings (SSSR count). The number of rotatable bonds is 5. The van der Waals surface area contributed by atoms with Crippen molar-refractivity contribution < 1.29 is 14.6 Å². The van der Waals surface area contributed by atoms with Crippen LogP contribution in [0.3, 0.4) is 0 Å². The first kappa shape index (κ1) is 10.9. The van der Waals surface area contributed by atoms with Crippen molar-refractivity contribution in [2.45, 2.75) is 31.8 Å². The molecule has 2 aliphatic rings. The minimum Gasteiger partial charge on any atom is -0.481 e. The van der Waals surface area contributed by atoms with Gasteiger partial charge in [0.15, 0.2) is 0 Å². The predicted molar refractivity (Wildman–Crippen MR) is 55.8 cm³/mol. The van der Waals surface area contributed by atoms with E-state index in [0.717, 1.165) is 25.6 Å². The lowest BCUT2D eigenvalue weighted by atomic mass is 10.1. The van der Waals surface area contributed by atoms with Crippen LogP contribution in [0.2, 0.25) is 0 Å². The second-order valence-electron chi connectivity index (χ2n) is 4.63. The maximum atomic E-state index is 10.4. The summed E-state index contributed by atoms with van der Waals surface area (Å²) in [6.45, 7) is 3.88. The summed E-state index contributed by atoms with van der Waals surface area (Å²) in [5, 5.41) is 8.60. The molecule has 0 aromatic heterocycles. The third-order valence-corrected chi connectivity index (χ3v) is 3.12. The molecule has 2 fully saturated rings. The van der Waals surface area contributed by atoms with Crippen LogP contribution < -0.4 is 0 Å². The maximum Gasteiger partial charge on any atom is 0.303 e. The number of morpholine rings is 1. The Balaban J connectivity index is 1.68. The zero-order chi connectivity index (χ0) is 10.7. The molecule has 1 aliphatic carbocycles. The average Bonchev–Trinajstić information content (AvgIpc) is 2.99. The molecule has 0 aromatic rings. The lowest BCUT2D eigenvalue weighted by Crippen LogP contribution is -2.43. The molecule has 86 valence electrons. The zero-order valence-electron chi connectivity index (χ0n) is 9.02. The van der Waals surface area contributed by atoms with Gasteiger partial charge in [0.2, 0.25) is 0 Å². The highest BCUT2D eigenvalue weighted by atomic mass is 16.5. The maximum absolute atomic E-state index is 10.4. The largest absolute Gasteiger partial charge is 0.481 e. The Morgan fingerprint density at radius 1 is 1.47 bits per heavy atom. The number of hydrogen-bond donors (Lipinski definition) is 1. The quantitative estimate of drug-likeness (QED) is 0.739.